The minimum Gasteiger partial charge on any atom is -0.481 e. The largest absolute Gasteiger partial charge is 0.481 e. The molecule has 0 rings (SSSR count). The second kappa shape index (κ2) is 3.65. The molecule has 0 aliphatic rings. The van der Waals surface area contributed by atoms with E-state index >= 15 is 0 Å². The van der Waals surface area contributed by atoms with Crippen LogP contribution in [0.2, 0.25) is 0 Å². The van der Waals surface area contributed by atoms with Crippen LogP contribution in [0.4, 0.5) is 0 Å². The van der Waals surface area contributed by atoms with Crippen molar-refractivity contribution in [2.45, 2.75) is 6.42 Å². The minimum absolute atomic E-state index is 0.244. The standard InChI is InChI=1S/C5H6O4/c6-4(7)2-1-3-5(8)9/h1-2H,3H2,(H,6,7)(H,8,9)/b2-1+/i4+1. The van der Waals surface area contributed by atoms with E-state index < -0.39 is 11.9 Å². The first-order valence-corrected chi connectivity index (χ1v) is 2.24. The number of hydrogen-bond acceptors (Lipinski definition) is 2. The molecular formula is C5H6O4. The third kappa shape index (κ3) is 6.68. The van der Waals surface area contributed by atoms with Gasteiger partial charge in [-0.05, 0) is 0 Å². The highest BCUT2D eigenvalue weighted by Crippen LogP contribution is 1.81. The van der Waals surface area contributed by atoms with E-state index in [4.69, 9.17) is 10.2 Å². The van der Waals surface area contributed by atoms with Gasteiger partial charge in [-0.1, -0.05) is 6.08 Å². The Hall–Kier alpha value is -1.32. The fraction of sp³-hybridized carbons (Fsp3) is 0.200. The normalized spacial score (nSPS) is 9.78. The van der Waals surface area contributed by atoms with Crippen LogP contribution in [-0.2, 0) is 9.59 Å². The van der Waals surface area contributed by atoms with Gasteiger partial charge in [0.25, 0.3) is 0 Å². The zero-order chi connectivity index (χ0) is 7.28. The monoisotopic (exact) mass is 131 g/mol. The molecule has 0 aliphatic heterocycles. The molecule has 0 amide bonds. The molecule has 0 aromatic rings. The lowest BCUT2D eigenvalue weighted by Crippen LogP contribution is -1.92. The summed E-state index contributed by atoms with van der Waals surface area (Å²) in [6.45, 7) is 0. The van der Waals surface area contributed by atoms with Crippen molar-refractivity contribution in [2.75, 3.05) is 0 Å². The zero-order valence-electron chi connectivity index (χ0n) is 4.57. The minimum atomic E-state index is -1.13. The average molecular weight is 131 g/mol. The highest BCUT2D eigenvalue weighted by Gasteiger charge is 1.90. The zero-order valence-corrected chi connectivity index (χ0v) is 4.57. The lowest BCUT2D eigenvalue weighted by Gasteiger charge is -1.79. The van der Waals surface area contributed by atoms with Crippen LogP contribution < -0.4 is 0 Å². The molecule has 0 spiro atoms. The Bertz CT molecular complexity index is 147. The van der Waals surface area contributed by atoms with Crippen molar-refractivity contribution in [1.82, 2.24) is 0 Å². The summed E-state index contributed by atoms with van der Waals surface area (Å²) >= 11 is 0. The summed E-state index contributed by atoms with van der Waals surface area (Å²) in [6.07, 6.45) is 1.63. The van der Waals surface area contributed by atoms with E-state index in [2.05, 4.69) is 0 Å². The Morgan fingerprint density at radius 3 is 2.22 bits per heavy atom. The fourth-order valence-corrected chi connectivity index (χ4v) is 0.261. The summed E-state index contributed by atoms with van der Waals surface area (Å²) in [7, 11) is 0. The second-order valence-electron chi connectivity index (χ2n) is 1.34. The van der Waals surface area contributed by atoms with E-state index in [0.29, 0.717) is 0 Å². The van der Waals surface area contributed by atoms with Gasteiger partial charge in [-0.2, -0.15) is 0 Å². The number of carbonyl (C=O) groups is 2. The Morgan fingerprint density at radius 2 is 1.89 bits per heavy atom. The maximum atomic E-state index is 9.74. The van der Waals surface area contributed by atoms with E-state index in [1.165, 1.54) is 0 Å². The molecule has 2 N–H and O–H groups in total. The van der Waals surface area contributed by atoms with Gasteiger partial charge in [0.05, 0.1) is 6.42 Å². The van der Waals surface area contributed by atoms with E-state index in [1.807, 2.05) is 0 Å². The molecule has 0 aliphatic carbocycles. The van der Waals surface area contributed by atoms with E-state index in [-0.39, 0.29) is 6.42 Å². The Morgan fingerprint density at radius 1 is 1.33 bits per heavy atom. The Balaban J connectivity index is 3.48. The van der Waals surface area contributed by atoms with E-state index in [1.54, 1.807) is 0 Å². The summed E-state index contributed by atoms with van der Waals surface area (Å²) in [5.41, 5.74) is 0. The highest BCUT2D eigenvalue weighted by atomic mass is 16.5. The molecule has 0 saturated heterocycles. The Labute approximate surface area is 51.4 Å². The molecule has 0 aromatic carbocycles. The van der Waals surface area contributed by atoms with Gasteiger partial charge in [0.15, 0.2) is 0 Å². The molecule has 4 heteroatoms. The lowest BCUT2D eigenvalue weighted by atomic mass is 10.4. The van der Waals surface area contributed by atoms with E-state index in [0.717, 1.165) is 12.2 Å². The lowest BCUT2D eigenvalue weighted by molar-refractivity contribution is -0.136. The molecule has 0 atom stereocenters. The van der Waals surface area contributed by atoms with Crippen molar-refractivity contribution in [2.24, 2.45) is 0 Å². The van der Waals surface area contributed by atoms with Gasteiger partial charge in [0.2, 0.25) is 0 Å². The molecule has 50 valence electrons. The molecular weight excluding hydrogens is 125 g/mol. The average Bonchev–Trinajstić information content (AvgIpc) is 1.63. The van der Waals surface area contributed by atoms with Gasteiger partial charge in [-0.25, -0.2) is 4.79 Å². The maximum Gasteiger partial charge on any atom is 0.327 e. The van der Waals surface area contributed by atoms with Crippen molar-refractivity contribution < 1.29 is 19.8 Å². The topological polar surface area (TPSA) is 74.6 Å². The van der Waals surface area contributed by atoms with Gasteiger partial charge >= 0.3 is 11.9 Å². The number of hydrogen-bond donors (Lipinski definition) is 2. The highest BCUT2D eigenvalue weighted by molar-refractivity contribution is 5.81. The first-order chi connectivity index (χ1) is 4.13. The summed E-state index contributed by atoms with van der Waals surface area (Å²) in [6, 6.07) is 0. The van der Waals surface area contributed by atoms with Gasteiger partial charge in [-0.3, -0.25) is 4.79 Å². The maximum absolute atomic E-state index is 9.74. The molecule has 0 bridgehead atoms. The number of carboxylic acid groups (broad SMARTS) is 2. The van der Waals surface area contributed by atoms with Crippen LogP contribution >= 0.6 is 0 Å². The van der Waals surface area contributed by atoms with Crippen LogP contribution in [0.25, 0.3) is 0 Å². The smallest absolute Gasteiger partial charge is 0.327 e. The number of rotatable bonds is 3. The first-order valence-electron chi connectivity index (χ1n) is 2.24. The van der Waals surface area contributed by atoms with Crippen LogP contribution in [-0.4, -0.2) is 22.2 Å². The Kier molecular flexibility index (Phi) is 3.12. The van der Waals surface area contributed by atoms with Crippen molar-refractivity contribution in [3.05, 3.63) is 12.2 Å². The fourth-order valence-electron chi connectivity index (χ4n) is 0.261. The number of aliphatic carboxylic acids is 2. The van der Waals surface area contributed by atoms with Gasteiger partial charge < -0.3 is 10.2 Å². The van der Waals surface area contributed by atoms with Crippen molar-refractivity contribution in [3.63, 3.8) is 0 Å². The molecule has 4 nitrogen and oxygen atoms in total. The predicted octanol–water partition coefficient (Wildman–Crippen LogP) is 0.102. The third-order valence-corrected chi connectivity index (χ3v) is 0.553. The molecule has 0 heterocycles. The predicted molar refractivity (Wildman–Crippen MR) is 29.0 cm³/mol. The number of carboxylic acids is 2. The van der Waals surface area contributed by atoms with Crippen LogP contribution in [0, 0.1) is 0 Å². The second-order valence-corrected chi connectivity index (χ2v) is 1.34. The van der Waals surface area contributed by atoms with Crippen molar-refractivity contribution in [1.29, 1.82) is 0 Å². The van der Waals surface area contributed by atoms with Gasteiger partial charge in [0, 0.05) is 6.08 Å². The van der Waals surface area contributed by atoms with Crippen molar-refractivity contribution >= 4 is 11.9 Å². The first kappa shape index (κ1) is 7.68. The molecule has 0 radical (unpaired) electrons. The molecule has 0 saturated carbocycles. The van der Waals surface area contributed by atoms with Gasteiger partial charge in [-0.15, -0.1) is 0 Å². The molecule has 0 fully saturated rings. The summed E-state index contributed by atoms with van der Waals surface area (Å²) < 4.78 is 0. The van der Waals surface area contributed by atoms with E-state index in [9.17, 15) is 9.59 Å². The summed E-state index contributed by atoms with van der Waals surface area (Å²) in [4.78, 5) is 19.4. The van der Waals surface area contributed by atoms with Crippen LogP contribution in [0.1, 0.15) is 6.42 Å². The quantitative estimate of drug-likeness (QED) is 0.420. The molecule has 0 aromatic heterocycles. The van der Waals surface area contributed by atoms with Crippen LogP contribution in [0.15, 0.2) is 12.2 Å². The van der Waals surface area contributed by atoms with Crippen LogP contribution in [0.3, 0.4) is 0 Å². The van der Waals surface area contributed by atoms with Crippen LogP contribution in [0.5, 0.6) is 0 Å². The summed E-state index contributed by atoms with van der Waals surface area (Å²) in [5.74, 6) is -2.16. The third-order valence-electron chi connectivity index (χ3n) is 0.553. The van der Waals surface area contributed by atoms with Crippen molar-refractivity contribution in [3.8, 4) is 0 Å². The summed E-state index contributed by atoms with van der Waals surface area (Å²) in [5, 5.41) is 15.9. The SMILES string of the molecule is O=C(O)C/C=C/[13C](=O)O. The van der Waals surface area contributed by atoms with Gasteiger partial charge in [0.1, 0.15) is 0 Å². The molecule has 9 heavy (non-hydrogen) atoms. The molecule has 0 unspecified atom stereocenters.